The molecule has 4 aromatic rings. The SMILES string of the molecule is COc1ccc(-c2nnc(SCC(=O)N/N=C\c3cccc(Cl)c3Cl)n2-c2ccc(OC)cc2)cc1. The highest BCUT2D eigenvalue weighted by Crippen LogP contribution is 2.30. The quantitative estimate of drug-likeness (QED) is 0.171. The van der Waals surface area contributed by atoms with E-state index in [2.05, 4.69) is 20.7 Å². The van der Waals surface area contributed by atoms with E-state index in [0.29, 0.717) is 26.6 Å². The van der Waals surface area contributed by atoms with Gasteiger partial charge in [0.2, 0.25) is 0 Å². The maximum atomic E-state index is 12.4. The molecule has 0 atom stereocenters. The summed E-state index contributed by atoms with van der Waals surface area (Å²) in [5.41, 5.74) is 4.76. The Hall–Kier alpha value is -3.53. The van der Waals surface area contributed by atoms with Crippen molar-refractivity contribution in [3.8, 4) is 28.6 Å². The van der Waals surface area contributed by atoms with Gasteiger partial charge in [0.1, 0.15) is 11.5 Å². The summed E-state index contributed by atoms with van der Waals surface area (Å²) in [6.07, 6.45) is 1.44. The van der Waals surface area contributed by atoms with Gasteiger partial charge in [-0.05, 0) is 54.6 Å². The zero-order valence-electron chi connectivity index (χ0n) is 19.3. The fourth-order valence-corrected chi connectivity index (χ4v) is 4.31. The lowest BCUT2D eigenvalue weighted by molar-refractivity contribution is -0.118. The molecule has 1 aromatic heterocycles. The fraction of sp³-hybridized carbons (Fsp3) is 0.120. The van der Waals surface area contributed by atoms with Crippen molar-refractivity contribution in [2.24, 2.45) is 5.10 Å². The van der Waals surface area contributed by atoms with Crippen LogP contribution in [-0.4, -0.2) is 46.9 Å². The number of nitrogens with one attached hydrogen (secondary N) is 1. The summed E-state index contributed by atoms with van der Waals surface area (Å²) >= 11 is 13.4. The van der Waals surface area contributed by atoms with E-state index < -0.39 is 0 Å². The molecule has 0 bridgehead atoms. The van der Waals surface area contributed by atoms with Crippen LogP contribution in [0.25, 0.3) is 17.1 Å². The van der Waals surface area contributed by atoms with Gasteiger partial charge in [0.15, 0.2) is 11.0 Å². The Kier molecular flexibility index (Phi) is 8.48. The van der Waals surface area contributed by atoms with E-state index in [4.69, 9.17) is 32.7 Å². The van der Waals surface area contributed by atoms with Crippen LogP contribution in [0.15, 0.2) is 77.0 Å². The van der Waals surface area contributed by atoms with Gasteiger partial charge in [-0.3, -0.25) is 9.36 Å². The van der Waals surface area contributed by atoms with E-state index in [0.717, 1.165) is 22.7 Å². The number of rotatable bonds is 9. The molecule has 0 aliphatic heterocycles. The molecular weight excluding hydrogens is 521 g/mol. The Bertz CT molecular complexity index is 1380. The predicted octanol–water partition coefficient (Wildman–Crippen LogP) is 5.50. The van der Waals surface area contributed by atoms with Gasteiger partial charge in [-0.1, -0.05) is 47.1 Å². The van der Waals surface area contributed by atoms with Gasteiger partial charge in [0.05, 0.1) is 36.2 Å². The maximum absolute atomic E-state index is 12.4. The van der Waals surface area contributed by atoms with Gasteiger partial charge in [-0.25, -0.2) is 5.43 Å². The van der Waals surface area contributed by atoms with E-state index in [1.807, 2.05) is 53.1 Å². The average molecular weight is 542 g/mol. The molecule has 1 heterocycles. The van der Waals surface area contributed by atoms with Crippen molar-refractivity contribution in [1.29, 1.82) is 0 Å². The third-order valence-corrected chi connectivity index (χ3v) is 6.78. The number of thioether (sulfide) groups is 1. The summed E-state index contributed by atoms with van der Waals surface area (Å²) < 4.78 is 12.4. The molecule has 1 N–H and O–H groups in total. The lowest BCUT2D eigenvalue weighted by Crippen LogP contribution is -2.20. The van der Waals surface area contributed by atoms with Gasteiger partial charge in [0.25, 0.3) is 5.91 Å². The molecule has 0 unspecified atom stereocenters. The number of aromatic nitrogens is 3. The highest BCUT2D eigenvalue weighted by Gasteiger charge is 2.17. The van der Waals surface area contributed by atoms with Crippen LogP contribution in [0.4, 0.5) is 0 Å². The van der Waals surface area contributed by atoms with Crippen molar-refractivity contribution in [2.45, 2.75) is 5.16 Å². The minimum Gasteiger partial charge on any atom is -0.497 e. The molecule has 4 rings (SSSR count). The van der Waals surface area contributed by atoms with Crippen molar-refractivity contribution in [3.05, 3.63) is 82.3 Å². The van der Waals surface area contributed by atoms with E-state index in [-0.39, 0.29) is 11.7 Å². The lowest BCUT2D eigenvalue weighted by atomic mass is 10.2. The standard InChI is InChI=1S/C25H21Cl2N5O3S/c1-34-19-10-6-16(7-11-19)24-30-31-25(32(24)18-8-12-20(35-2)13-9-18)36-15-22(33)29-28-14-17-4-3-5-21(26)23(17)27/h3-14H,15H2,1-2H3,(H,29,33)/b28-14-. The summed E-state index contributed by atoms with van der Waals surface area (Å²) in [5, 5.41) is 14.0. The van der Waals surface area contributed by atoms with Gasteiger partial charge in [0, 0.05) is 16.8 Å². The largest absolute Gasteiger partial charge is 0.497 e. The molecule has 36 heavy (non-hydrogen) atoms. The normalized spacial score (nSPS) is 11.0. The first-order valence-corrected chi connectivity index (χ1v) is 12.4. The summed E-state index contributed by atoms with van der Waals surface area (Å²) in [6, 6.07) is 20.2. The second-order valence-corrected chi connectivity index (χ2v) is 9.02. The fourth-order valence-electron chi connectivity index (χ4n) is 3.21. The van der Waals surface area contributed by atoms with Crippen molar-refractivity contribution in [1.82, 2.24) is 20.2 Å². The van der Waals surface area contributed by atoms with Crippen LogP contribution in [0.2, 0.25) is 10.0 Å². The summed E-state index contributed by atoms with van der Waals surface area (Å²) in [5.74, 6) is 1.84. The summed E-state index contributed by atoms with van der Waals surface area (Å²) in [6.45, 7) is 0. The number of halogens is 2. The molecule has 1 amide bonds. The van der Waals surface area contributed by atoms with Gasteiger partial charge in [-0.2, -0.15) is 5.10 Å². The first kappa shape index (κ1) is 25.6. The average Bonchev–Trinajstić information content (AvgIpc) is 3.34. The second kappa shape index (κ2) is 11.9. The van der Waals surface area contributed by atoms with Crippen LogP contribution in [0, 0.1) is 0 Å². The number of ether oxygens (including phenoxy) is 2. The Labute approximate surface area is 222 Å². The van der Waals surface area contributed by atoms with Crippen LogP contribution in [0.3, 0.4) is 0 Å². The van der Waals surface area contributed by atoms with E-state index in [1.54, 1.807) is 32.4 Å². The second-order valence-electron chi connectivity index (χ2n) is 7.29. The number of carbonyl (C=O) groups is 1. The van der Waals surface area contributed by atoms with E-state index >= 15 is 0 Å². The van der Waals surface area contributed by atoms with Gasteiger partial charge in [-0.15, -0.1) is 10.2 Å². The first-order valence-electron chi connectivity index (χ1n) is 10.6. The number of benzene rings is 3. The van der Waals surface area contributed by atoms with E-state index in [9.17, 15) is 4.79 Å². The van der Waals surface area contributed by atoms with Crippen LogP contribution in [0.1, 0.15) is 5.56 Å². The number of hydrogen-bond donors (Lipinski definition) is 1. The molecule has 184 valence electrons. The minimum atomic E-state index is -0.315. The predicted molar refractivity (Wildman–Crippen MR) is 143 cm³/mol. The van der Waals surface area contributed by atoms with Crippen molar-refractivity contribution >= 4 is 47.1 Å². The molecule has 0 fully saturated rings. The van der Waals surface area contributed by atoms with Crippen LogP contribution >= 0.6 is 35.0 Å². The minimum absolute atomic E-state index is 0.0670. The maximum Gasteiger partial charge on any atom is 0.250 e. The molecule has 0 spiro atoms. The van der Waals surface area contributed by atoms with Crippen LogP contribution in [-0.2, 0) is 4.79 Å². The topological polar surface area (TPSA) is 90.6 Å². The van der Waals surface area contributed by atoms with Gasteiger partial charge < -0.3 is 9.47 Å². The Morgan fingerprint density at radius 3 is 2.33 bits per heavy atom. The number of methoxy groups -OCH3 is 2. The molecule has 3 aromatic carbocycles. The number of hydrogen-bond acceptors (Lipinski definition) is 7. The number of carbonyl (C=O) groups excluding carboxylic acids is 1. The highest BCUT2D eigenvalue weighted by atomic mass is 35.5. The highest BCUT2D eigenvalue weighted by molar-refractivity contribution is 7.99. The van der Waals surface area contributed by atoms with Crippen molar-refractivity contribution in [2.75, 3.05) is 20.0 Å². The lowest BCUT2D eigenvalue weighted by Gasteiger charge is -2.11. The number of hydrazone groups is 1. The molecule has 0 radical (unpaired) electrons. The third kappa shape index (κ3) is 5.99. The molecule has 0 saturated heterocycles. The van der Waals surface area contributed by atoms with Crippen LogP contribution < -0.4 is 14.9 Å². The zero-order chi connectivity index (χ0) is 25.5. The molecule has 11 heteroatoms. The van der Waals surface area contributed by atoms with Crippen molar-refractivity contribution in [3.63, 3.8) is 0 Å². The summed E-state index contributed by atoms with van der Waals surface area (Å²) in [7, 11) is 3.22. The van der Waals surface area contributed by atoms with Crippen LogP contribution in [0.5, 0.6) is 11.5 Å². The Balaban J connectivity index is 1.53. The molecule has 8 nitrogen and oxygen atoms in total. The van der Waals surface area contributed by atoms with E-state index in [1.165, 1.54) is 18.0 Å². The monoisotopic (exact) mass is 541 g/mol. The molecular formula is C25H21Cl2N5O3S. The third-order valence-electron chi connectivity index (χ3n) is 5.02. The van der Waals surface area contributed by atoms with Crippen molar-refractivity contribution < 1.29 is 14.3 Å². The summed E-state index contributed by atoms with van der Waals surface area (Å²) in [4.78, 5) is 12.4. The molecule has 0 aliphatic carbocycles. The molecule has 0 aliphatic rings. The molecule has 0 saturated carbocycles. The van der Waals surface area contributed by atoms with Gasteiger partial charge >= 0.3 is 0 Å². The number of amides is 1. The zero-order valence-corrected chi connectivity index (χ0v) is 21.6. The smallest absolute Gasteiger partial charge is 0.250 e. The Morgan fingerprint density at radius 2 is 1.67 bits per heavy atom. The first-order chi connectivity index (χ1) is 17.5. The number of nitrogens with zero attached hydrogens (tertiary/aromatic N) is 4. The Morgan fingerprint density at radius 1 is 1.00 bits per heavy atom.